The number of ether oxygens (including phenoxy) is 1. The number of aryl methyl sites for hydroxylation is 1. The number of amides is 2. The zero-order valence-electron chi connectivity index (χ0n) is 22.4. The predicted octanol–water partition coefficient (Wildman–Crippen LogP) is 3.88. The van der Waals surface area contributed by atoms with Gasteiger partial charge in [0.2, 0.25) is 0 Å². The standard InChI is InChI=1S/C30H30N4O6S/c1-2-24-9-6-7-13-28(24)34(41(37,38)27-11-4-3-5-12-27)21-29(35)33-32-19-23-14-16-25(17-15-23)40-22-30(36)31-20-26-10-8-18-39-26/h3-19H,2,20-22H2,1H3,(H,31,36)(H,33,35)/b32-19-. The molecule has 11 heteroatoms. The zero-order valence-corrected chi connectivity index (χ0v) is 23.2. The van der Waals surface area contributed by atoms with Crippen LogP contribution in [0.15, 0.2) is 112 Å². The summed E-state index contributed by atoms with van der Waals surface area (Å²) in [6.45, 7) is 1.58. The molecule has 10 nitrogen and oxygen atoms in total. The molecule has 3 aromatic carbocycles. The Morgan fingerprint density at radius 2 is 1.66 bits per heavy atom. The van der Waals surface area contributed by atoms with E-state index in [2.05, 4.69) is 15.8 Å². The number of hydrogen-bond donors (Lipinski definition) is 2. The van der Waals surface area contributed by atoms with Crippen LogP contribution in [-0.2, 0) is 32.6 Å². The van der Waals surface area contributed by atoms with Crippen molar-refractivity contribution in [2.45, 2.75) is 24.8 Å². The molecule has 0 bridgehead atoms. The molecule has 4 aromatic rings. The third kappa shape index (κ3) is 8.05. The fourth-order valence-electron chi connectivity index (χ4n) is 3.87. The lowest BCUT2D eigenvalue weighted by atomic mass is 10.1. The average molecular weight is 575 g/mol. The summed E-state index contributed by atoms with van der Waals surface area (Å²) in [6, 6.07) is 25.3. The summed E-state index contributed by atoms with van der Waals surface area (Å²) in [5, 5.41) is 6.67. The van der Waals surface area contributed by atoms with Crippen molar-refractivity contribution in [1.82, 2.24) is 10.7 Å². The quantitative estimate of drug-likeness (QED) is 0.184. The maximum absolute atomic E-state index is 13.5. The van der Waals surface area contributed by atoms with E-state index in [4.69, 9.17) is 9.15 Å². The first kappa shape index (κ1) is 29.1. The van der Waals surface area contributed by atoms with Crippen molar-refractivity contribution >= 4 is 33.7 Å². The molecular weight excluding hydrogens is 544 g/mol. The monoisotopic (exact) mass is 574 g/mol. The van der Waals surface area contributed by atoms with Crippen LogP contribution in [0.25, 0.3) is 0 Å². The highest BCUT2D eigenvalue weighted by atomic mass is 32.2. The molecule has 4 rings (SSSR count). The molecule has 0 aliphatic rings. The predicted molar refractivity (Wildman–Crippen MR) is 155 cm³/mol. The number of rotatable bonds is 13. The Morgan fingerprint density at radius 3 is 2.37 bits per heavy atom. The van der Waals surface area contributed by atoms with Crippen LogP contribution in [0, 0.1) is 0 Å². The van der Waals surface area contributed by atoms with Crippen LogP contribution >= 0.6 is 0 Å². The molecule has 0 atom stereocenters. The second-order valence-corrected chi connectivity index (χ2v) is 10.7. The van der Waals surface area contributed by atoms with E-state index in [1.54, 1.807) is 66.7 Å². The Morgan fingerprint density at radius 1 is 0.927 bits per heavy atom. The number of nitrogens with zero attached hydrogens (tertiary/aromatic N) is 2. The number of para-hydroxylation sites is 1. The van der Waals surface area contributed by atoms with Crippen LogP contribution in [0.5, 0.6) is 5.75 Å². The Bertz CT molecular complexity index is 1570. The number of furan rings is 1. The Balaban J connectivity index is 1.35. The SMILES string of the molecule is CCc1ccccc1N(CC(=O)N/N=C\c1ccc(OCC(=O)NCc2ccco2)cc1)S(=O)(=O)c1ccccc1. The third-order valence-corrected chi connectivity index (χ3v) is 7.73. The summed E-state index contributed by atoms with van der Waals surface area (Å²) in [7, 11) is -4.02. The zero-order chi connectivity index (χ0) is 29.1. The van der Waals surface area contributed by atoms with Gasteiger partial charge in [-0.05, 0) is 72.1 Å². The molecule has 2 amide bonds. The van der Waals surface area contributed by atoms with Crippen molar-refractivity contribution in [3.63, 3.8) is 0 Å². The summed E-state index contributed by atoms with van der Waals surface area (Å²) in [6.07, 6.45) is 3.55. The van der Waals surface area contributed by atoms with Crippen LogP contribution in [0.1, 0.15) is 23.8 Å². The first-order valence-corrected chi connectivity index (χ1v) is 14.3. The number of hydrazone groups is 1. The number of carbonyl (C=O) groups is 2. The number of benzene rings is 3. The summed E-state index contributed by atoms with van der Waals surface area (Å²) in [5.74, 6) is 0.230. The minimum atomic E-state index is -4.02. The summed E-state index contributed by atoms with van der Waals surface area (Å²) < 4.78 is 38.8. The number of carbonyl (C=O) groups excluding carboxylic acids is 2. The molecule has 0 unspecified atom stereocenters. The number of sulfonamides is 1. The highest BCUT2D eigenvalue weighted by Gasteiger charge is 2.28. The Labute approximate surface area is 238 Å². The Kier molecular flexibility index (Phi) is 9.89. The van der Waals surface area contributed by atoms with Crippen molar-refractivity contribution in [3.8, 4) is 5.75 Å². The molecule has 0 fully saturated rings. The molecule has 1 heterocycles. The fraction of sp³-hybridized carbons (Fsp3) is 0.167. The molecular formula is C30H30N4O6S. The van der Waals surface area contributed by atoms with Crippen molar-refractivity contribution in [3.05, 3.63) is 114 Å². The number of anilines is 1. The molecule has 1 aromatic heterocycles. The van der Waals surface area contributed by atoms with Gasteiger partial charge >= 0.3 is 0 Å². The van der Waals surface area contributed by atoms with Gasteiger partial charge in [-0.1, -0.05) is 43.3 Å². The van der Waals surface area contributed by atoms with Crippen LogP contribution in [0.3, 0.4) is 0 Å². The van der Waals surface area contributed by atoms with Gasteiger partial charge < -0.3 is 14.5 Å². The highest BCUT2D eigenvalue weighted by molar-refractivity contribution is 7.92. The average Bonchev–Trinajstić information content (AvgIpc) is 3.53. The first-order valence-electron chi connectivity index (χ1n) is 12.9. The fourth-order valence-corrected chi connectivity index (χ4v) is 5.35. The molecule has 0 saturated carbocycles. The normalized spacial score (nSPS) is 11.2. The van der Waals surface area contributed by atoms with Gasteiger partial charge in [-0.25, -0.2) is 13.8 Å². The largest absolute Gasteiger partial charge is 0.484 e. The summed E-state index contributed by atoms with van der Waals surface area (Å²) in [4.78, 5) is 24.9. The van der Waals surface area contributed by atoms with Gasteiger partial charge in [0.25, 0.3) is 21.8 Å². The van der Waals surface area contributed by atoms with Crippen LogP contribution in [-0.4, -0.2) is 39.6 Å². The molecule has 2 N–H and O–H groups in total. The van der Waals surface area contributed by atoms with E-state index in [0.717, 1.165) is 9.87 Å². The van der Waals surface area contributed by atoms with Gasteiger partial charge in [0.1, 0.15) is 18.1 Å². The van der Waals surface area contributed by atoms with E-state index >= 15 is 0 Å². The van der Waals surface area contributed by atoms with Gasteiger partial charge in [0.05, 0.1) is 29.6 Å². The minimum absolute atomic E-state index is 0.0829. The molecule has 0 saturated heterocycles. The van der Waals surface area contributed by atoms with Gasteiger partial charge in [-0.3, -0.25) is 13.9 Å². The molecule has 0 aliphatic heterocycles. The third-order valence-electron chi connectivity index (χ3n) is 5.95. The number of hydrogen-bond acceptors (Lipinski definition) is 7. The number of nitrogens with one attached hydrogen (secondary N) is 2. The lowest BCUT2D eigenvalue weighted by molar-refractivity contribution is -0.123. The molecule has 0 aliphatic carbocycles. The van der Waals surface area contributed by atoms with E-state index in [9.17, 15) is 18.0 Å². The first-order chi connectivity index (χ1) is 19.9. The highest BCUT2D eigenvalue weighted by Crippen LogP contribution is 2.27. The van der Waals surface area contributed by atoms with Gasteiger partial charge in [-0.15, -0.1) is 0 Å². The lowest BCUT2D eigenvalue weighted by Gasteiger charge is -2.25. The second-order valence-electron chi connectivity index (χ2n) is 8.81. The maximum atomic E-state index is 13.5. The van der Waals surface area contributed by atoms with E-state index in [1.165, 1.54) is 24.6 Å². The molecule has 0 radical (unpaired) electrons. The van der Waals surface area contributed by atoms with E-state index < -0.39 is 22.5 Å². The smallest absolute Gasteiger partial charge is 0.264 e. The van der Waals surface area contributed by atoms with E-state index in [-0.39, 0.29) is 24.0 Å². The van der Waals surface area contributed by atoms with Gasteiger partial charge in [0.15, 0.2) is 6.61 Å². The molecule has 212 valence electrons. The summed E-state index contributed by atoms with van der Waals surface area (Å²) >= 11 is 0. The minimum Gasteiger partial charge on any atom is -0.484 e. The topological polar surface area (TPSA) is 130 Å². The van der Waals surface area contributed by atoms with Gasteiger partial charge in [-0.2, -0.15) is 5.10 Å². The van der Waals surface area contributed by atoms with Crippen molar-refractivity contribution in [1.29, 1.82) is 0 Å². The maximum Gasteiger partial charge on any atom is 0.264 e. The second kappa shape index (κ2) is 13.9. The van der Waals surface area contributed by atoms with E-state index in [0.29, 0.717) is 29.2 Å². The molecule has 0 spiro atoms. The van der Waals surface area contributed by atoms with Crippen LogP contribution in [0.4, 0.5) is 5.69 Å². The lowest BCUT2D eigenvalue weighted by Crippen LogP contribution is -2.40. The van der Waals surface area contributed by atoms with Crippen LogP contribution in [0.2, 0.25) is 0 Å². The Hall–Kier alpha value is -4.90. The van der Waals surface area contributed by atoms with Crippen LogP contribution < -0.4 is 19.8 Å². The van der Waals surface area contributed by atoms with Gasteiger partial charge in [0, 0.05) is 0 Å². The van der Waals surface area contributed by atoms with Crippen molar-refractivity contribution in [2.24, 2.45) is 5.10 Å². The molecule has 41 heavy (non-hydrogen) atoms. The summed E-state index contributed by atoms with van der Waals surface area (Å²) in [5.41, 5.74) is 4.29. The van der Waals surface area contributed by atoms with Crippen molar-refractivity contribution in [2.75, 3.05) is 17.5 Å². The van der Waals surface area contributed by atoms with E-state index in [1.807, 2.05) is 19.1 Å². The van der Waals surface area contributed by atoms with Crippen molar-refractivity contribution < 1.29 is 27.2 Å².